The van der Waals surface area contributed by atoms with Crippen LogP contribution >= 0.6 is 0 Å². The van der Waals surface area contributed by atoms with Gasteiger partial charge in [-0.1, -0.05) is 13.8 Å². The molecule has 0 bridgehead atoms. The van der Waals surface area contributed by atoms with E-state index in [2.05, 4.69) is 36.0 Å². The summed E-state index contributed by atoms with van der Waals surface area (Å²) >= 11 is 0. The molecule has 1 atom stereocenters. The number of carbonyl (C=O) groups is 1. The number of piperidine rings is 2. The van der Waals surface area contributed by atoms with Crippen LogP contribution in [0.2, 0.25) is 0 Å². The molecule has 1 amide bonds. The standard InChI is InChI=1S/C16H31N3O/c1-13(2)11-17-16(20)14-5-4-8-19(12-14)15-6-9-18(3)10-7-15/h13-15H,4-12H2,1-3H3,(H,17,20)/t14-/m0/s1. The average molecular weight is 281 g/mol. The third-order valence-corrected chi connectivity index (χ3v) is 4.71. The van der Waals surface area contributed by atoms with E-state index >= 15 is 0 Å². The highest BCUT2D eigenvalue weighted by molar-refractivity contribution is 5.78. The largest absolute Gasteiger partial charge is 0.356 e. The molecule has 2 fully saturated rings. The molecule has 0 aromatic heterocycles. The van der Waals surface area contributed by atoms with Crippen LogP contribution in [0.4, 0.5) is 0 Å². The highest BCUT2D eigenvalue weighted by Crippen LogP contribution is 2.23. The SMILES string of the molecule is CC(C)CNC(=O)[C@H]1CCCN(C2CCN(C)CC2)C1. The van der Waals surface area contributed by atoms with Gasteiger partial charge in [0.05, 0.1) is 5.92 Å². The number of carbonyl (C=O) groups excluding carboxylic acids is 1. The summed E-state index contributed by atoms with van der Waals surface area (Å²) in [5.41, 5.74) is 0. The first-order valence-corrected chi connectivity index (χ1v) is 8.26. The van der Waals surface area contributed by atoms with Crippen LogP contribution < -0.4 is 5.32 Å². The molecule has 0 spiro atoms. The van der Waals surface area contributed by atoms with Crippen LogP contribution in [-0.2, 0) is 4.79 Å². The first-order chi connectivity index (χ1) is 9.56. The molecule has 2 rings (SSSR count). The van der Waals surface area contributed by atoms with Crippen molar-refractivity contribution in [3.8, 4) is 0 Å². The Hall–Kier alpha value is -0.610. The molecule has 0 aromatic carbocycles. The van der Waals surface area contributed by atoms with Gasteiger partial charge in [-0.25, -0.2) is 0 Å². The fourth-order valence-electron chi connectivity index (χ4n) is 3.36. The molecule has 2 saturated heterocycles. The molecule has 0 unspecified atom stereocenters. The van der Waals surface area contributed by atoms with Crippen LogP contribution in [0.5, 0.6) is 0 Å². The second-order valence-corrected chi connectivity index (χ2v) is 7.01. The molecule has 0 aromatic rings. The van der Waals surface area contributed by atoms with E-state index < -0.39 is 0 Å². The van der Waals surface area contributed by atoms with Crippen LogP contribution in [0.25, 0.3) is 0 Å². The highest BCUT2D eigenvalue weighted by atomic mass is 16.1. The molecule has 4 nitrogen and oxygen atoms in total. The second-order valence-electron chi connectivity index (χ2n) is 7.01. The number of nitrogens with one attached hydrogen (secondary N) is 1. The summed E-state index contributed by atoms with van der Waals surface area (Å²) in [6.45, 7) is 9.65. The number of nitrogens with zero attached hydrogens (tertiary/aromatic N) is 2. The van der Waals surface area contributed by atoms with Gasteiger partial charge in [0.2, 0.25) is 5.91 Å². The number of amides is 1. The third-order valence-electron chi connectivity index (χ3n) is 4.71. The summed E-state index contributed by atoms with van der Waals surface area (Å²) in [5, 5.41) is 3.11. The summed E-state index contributed by atoms with van der Waals surface area (Å²) < 4.78 is 0. The Balaban J connectivity index is 1.80. The Morgan fingerprint density at radius 3 is 2.55 bits per heavy atom. The molecule has 2 aliphatic heterocycles. The lowest BCUT2D eigenvalue weighted by Gasteiger charge is -2.41. The van der Waals surface area contributed by atoms with E-state index in [1.54, 1.807) is 0 Å². The summed E-state index contributed by atoms with van der Waals surface area (Å²) in [6, 6.07) is 0.701. The van der Waals surface area contributed by atoms with Gasteiger partial charge in [-0.05, 0) is 58.3 Å². The van der Waals surface area contributed by atoms with Gasteiger partial charge in [-0.15, -0.1) is 0 Å². The van der Waals surface area contributed by atoms with E-state index in [4.69, 9.17) is 0 Å². The van der Waals surface area contributed by atoms with Gasteiger partial charge < -0.3 is 10.2 Å². The van der Waals surface area contributed by atoms with Crippen LogP contribution in [0.3, 0.4) is 0 Å². The first-order valence-electron chi connectivity index (χ1n) is 8.26. The van der Waals surface area contributed by atoms with Gasteiger partial charge >= 0.3 is 0 Å². The minimum Gasteiger partial charge on any atom is -0.356 e. The quantitative estimate of drug-likeness (QED) is 0.849. The number of hydrogen-bond acceptors (Lipinski definition) is 3. The Morgan fingerprint density at radius 2 is 1.90 bits per heavy atom. The smallest absolute Gasteiger partial charge is 0.224 e. The molecule has 1 N–H and O–H groups in total. The summed E-state index contributed by atoms with van der Waals surface area (Å²) in [4.78, 5) is 17.2. The lowest BCUT2D eigenvalue weighted by molar-refractivity contribution is -0.127. The topological polar surface area (TPSA) is 35.6 Å². The fourth-order valence-corrected chi connectivity index (χ4v) is 3.36. The number of hydrogen-bond donors (Lipinski definition) is 1. The van der Waals surface area contributed by atoms with E-state index in [1.807, 2.05) is 0 Å². The molecule has 2 heterocycles. The van der Waals surface area contributed by atoms with Crippen molar-refractivity contribution < 1.29 is 4.79 Å². The molecular formula is C16H31N3O. The predicted molar refractivity (Wildman–Crippen MR) is 82.7 cm³/mol. The minimum atomic E-state index is 0.210. The maximum absolute atomic E-state index is 12.2. The van der Waals surface area contributed by atoms with Crippen molar-refractivity contribution in [1.82, 2.24) is 15.1 Å². The zero-order valence-corrected chi connectivity index (χ0v) is 13.4. The van der Waals surface area contributed by atoms with E-state index in [1.165, 1.54) is 38.9 Å². The number of likely N-dealkylation sites (tertiary alicyclic amines) is 2. The van der Waals surface area contributed by atoms with Crippen LogP contribution in [-0.4, -0.2) is 61.5 Å². The Bertz CT molecular complexity index is 311. The van der Waals surface area contributed by atoms with Gasteiger partial charge in [0.15, 0.2) is 0 Å². The van der Waals surface area contributed by atoms with Crippen molar-refractivity contribution >= 4 is 5.91 Å². The predicted octanol–water partition coefficient (Wildman–Crippen LogP) is 1.56. The number of rotatable bonds is 4. The zero-order chi connectivity index (χ0) is 14.5. The van der Waals surface area contributed by atoms with Crippen LogP contribution in [0.1, 0.15) is 39.5 Å². The lowest BCUT2D eigenvalue weighted by Crippen LogP contribution is -2.50. The summed E-state index contributed by atoms with van der Waals surface area (Å²) in [5.74, 6) is 1.02. The Kier molecular flexibility index (Phi) is 5.85. The molecule has 4 heteroatoms. The van der Waals surface area contributed by atoms with E-state index in [9.17, 15) is 4.79 Å². The van der Waals surface area contributed by atoms with Gasteiger partial charge in [0.25, 0.3) is 0 Å². The lowest BCUT2D eigenvalue weighted by atomic mass is 9.93. The average Bonchev–Trinajstić information content (AvgIpc) is 2.45. The molecular weight excluding hydrogens is 250 g/mol. The molecule has 20 heavy (non-hydrogen) atoms. The van der Waals surface area contributed by atoms with Crippen LogP contribution in [0.15, 0.2) is 0 Å². The van der Waals surface area contributed by atoms with Crippen LogP contribution in [0, 0.1) is 11.8 Å². The Labute approximate surface area is 123 Å². The highest BCUT2D eigenvalue weighted by Gasteiger charge is 2.30. The van der Waals surface area contributed by atoms with Gasteiger partial charge in [-0.2, -0.15) is 0 Å². The Morgan fingerprint density at radius 1 is 1.20 bits per heavy atom. The first kappa shape index (κ1) is 15.8. The molecule has 116 valence electrons. The van der Waals surface area contributed by atoms with Crippen molar-refractivity contribution in [1.29, 1.82) is 0 Å². The van der Waals surface area contributed by atoms with Gasteiger partial charge in [-0.3, -0.25) is 9.69 Å². The molecule has 0 saturated carbocycles. The minimum absolute atomic E-state index is 0.210. The summed E-state index contributed by atoms with van der Waals surface area (Å²) in [7, 11) is 2.20. The molecule has 0 aliphatic carbocycles. The van der Waals surface area contributed by atoms with Crippen molar-refractivity contribution in [2.45, 2.75) is 45.6 Å². The van der Waals surface area contributed by atoms with Gasteiger partial charge in [0, 0.05) is 19.1 Å². The van der Waals surface area contributed by atoms with E-state index in [0.717, 1.165) is 19.5 Å². The normalized spacial score (nSPS) is 26.9. The van der Waals surface area contributed by atoms with Crippen molar-refractivity contribution in [3.63, 3.8) is 0 Å². The monoisotopic (exact) mass is 281 g/mol. The third kappa shape index (κ3) is 4.45. The van der Waals surface area contributed by atoms with Crippen molar-refractivity contribution in [2.24, 2.45) is 11.8 Å². The summed E-state index contributed by atoms with van der Waals surface area (Å²) in [6.07, 6.45) is 4.76. The molecule has 2 aliphatic rings. The molecule has 0 radical (unpaired) electrons. The fraction of sp³-hybridized carbons (Fsp3) is 0.938. The van der Waals surface area contributed by atoms with E-state index in [-0.39, 0.29) is 11.8 Å². The van der Waals surface area contributed by atoms with Crippen molar-refractivity contribution in [2.75, 3.05) is 39.8 Å². The van der Waals surface area contributed by atoms with E-state index in [0.29, 0.717) is 12.0 Å². The second kappa shape index (κ2) is 7.41. The van der Waals surface area contributed by atoms with Crippen molar-refractivity contribution in [3.05, 3.63) is 0 Å². The maximum Gasteiger partial charge on any atom is 0.224 e. The maximum atomic E-state index is 12.2. The van der Waals surface area contributed by atoms with Gasteiger partial charge in [0.1, 0.15) is 0 Å². The zero-order valence-electron chi connectivity index (χ0n) is 13.4.